The molecule has 0 fully saturated rings. The number of fused-ring (bicyclic) bond motifs is 2. The molecule has 0 radical (unpaired) electrons. The van der Waals surface area contributed by atoms with Crippen LogP contribution in [0.3, 0.4) is 0 Å². The SMILES string of the molecule is CCSCCOc1c2ccccc2c(OCCSCC)c2cc(OC)ccc12. The molecule has 150 valence electrons. The summed E-state index contributed by atoms with van der Waals surface area (Å²) in [4.78, 5) is 0. The first kappa shape index (κ1) is 21.0. The molecule has 3 nitrogen and oxygen atoms in total. The minimum absolute atomic E-state index is 0.683. The molecule has 5 heteroatoms. The van der Waals surface area contributed by atoms with E-state index in [1.807, 2.05) is 29.6 Å². The first-order valence-corrected chi connectivity index (χ1v) is 12.0. The lowest BCUT2D eigenvalue weighted by Gasteiger charge is -2.18. The molecule has 0 unspecified atom stereocenters. The third-order valence-corrected chi connectivity index (χ3v) is 6.22. The summed E-state index contributed by atoms with van der Waals surface area (Å²) >= 11 is 3.78. The Hall–Kier alpha value is -1.72. The lowest BCUT2D eigenvalue weighted by atomic mass is 10.00. The van der Waals surface area contributed by atoms with Gasteiger partial charge in [0.05, 0.1) is 20.3 Å². The van der Waals surface area contributed by atoms with Crippen LogP contribution in [0.4, 0.5) is 0 Å². The first-order valence-electron chi connectivity index (χ1n) is 9.73. The topological polar surface area (TPSA) is 27.7 Å². The third kappa shape index (κ3) is 4.81. The van der Waals surface area contributed by atoms with Gasteiger partial charge in [-0.05, 0) is 29.7 Å². The van der Waals surface area contributed by atoms with Crippen molar-refractivity contribution in [3.63, 3.8) is 0 Å². The van der Waals surface area contributed by atoms with Crippen molar-refractivity contribution in [2.75, 3.05) is 43.3 Å². The Labute approximate surface area is 176 Å². The van der Waals surface area contributed by atoms with Crippen molar-refractivity contribution >= 4 is 45.1 Å². The van der Waals surface area contributed by atoms with Gasteiger partial charge in [0, 0.05) is 33.1 Å². The summed E-state index contributed by atoms with van der Waals surface area (Å²) in [6, 6.07) is 14.5. The molecular weight excluding hydrogens is 388 g/mol. The number of hydrogen-bond acceptors (Lipinski definition) is 5. The Kier molecular flexibility index (Phi) is 8.04. The molecule has 3 rings (SSSR count). The molecule has 0 heterocycles. The van der Waals surface area contributed by atoms with E-state index < -0.39 is 0 Å². The number of benzene rings is 3. The van der Waals surface area contributed by atoms with E-state index in [-0.39, 0.29) is 0 Å². The van der Waals surface area contributed by atoms with Crippen molar-refractivity contribution < 1.29 is 14.2 Å². The van der Waals surface area contributed by atoms with Gasteiger partial charge in [-0.2, -0.15) is 23.5 Å². The minimum Gasteiger partial charge on any atom is -0.497 e. The van der Waals surface area contributed by atoms with Crippen molar-refractivity contribution in [2.24, 2.45) is 0 Å². The molecule has 0 N–H and O–H groups in total. The van der Waals surface area contributed by atoms with Crippen molar-refractivity contribution in [2.45, 2.75) is 13.8 Å². The molecule has 0 aliphatic rings. The molecule has 0 saturated carbocycles. The van der Waals surface area contributed by atoms with Gasteiger partial charge >= 0.3 is 0 Å². The zero-order valence-corrected chi connectivity index (χ0v) is 18.5. The van der Waals surface area contributed by atoms with Crippen LogP contribution in [0.2, 0.25) is 0 Å². The Balaban J connectivity index is 2.10. The number of methoxy groups -OCH3 is 1. The summed E-state index contributed by atoms with van der Waals surface area (Å²) in [7, 11) is 1.69. The van der Waals surface area contributed by atoms with Crippen LogP contribution in [0.5, 0.6) is 17.2 Å². The molecule has 0 bridgehead atoms. The predicted octanol–water partition coefficient (Wildman–Crippen LogP) is 6.27. The summed E-state index contributed by atoms with van der Waals surface area (Å²) in [5.74, 6) is 6.82. The fourth-order valence-corrected chi connectivity index (χ4v) is 4.19. The quantitative estimate of drug-likeness (QED) is 0.271. The minimum atomic E-state index is 0.683. The van der Waals surface area contributed by atoms with Gasteiger partial charge in [-0.25, -0.2) is 0 Å². The van der Waals surface area contributed by atoms with Gasteiger partial charge in [0.2, 0.25) is 0 Å². The molecule has 0 saturated heterocycles. The maximum Gasteiger partial charge on any atom is 0.135 e. The number of hydrogen-bond donors (Lipinski definition) is 0. The molecule has 0 spiro atoms. The summed E-state index contributed by atoms with van der Waals surface area (Å²) in [6.45, 7) is 5.72. The zero-order valence-electron chi connectivity index (χ0n) is 16.8. The van der Waals surface area contributed by atoms with Crippen LogP contribution >= 0.6 is 23.5 Å². The highest BCUT2D eigenvalue weighted by molar-refractivity contribution is 7.99. The van der Waals surface area contributed by atoms with Crippen molar-refractivity contribution in [1.29, 1.82) is 0 Å². The van der Waals surface area contributed by atoms with Crippen LogP contribution in [-0.4, -0.2) is 43.3 Å². The van der Waals surface area contributed by atoms with E-state index in [4.69, 9.17) is 14.2 Å². The fraction of sp³-hybridized carbons (Fsp3) is 0.391. The molecular formula is C23H28O3S2. The van der Waals surface area contributed by atoms with E-state index in [1.54, 1.807) is 7.11 Å². The van der Waals surface area contributed by atoms with E-state index in [1.165, 1.54) is 0 Å². The highest BCUT2D eigenvalue weighted by Crippen LogP contribution is 2.44. The van der Waals surface area contributed by atoms with Crippen molar-refractivity contribution in [3.8, 4) is 17.2 Å². The highest BCUT2D eigenvalue weighted by atomic mass is 32.2. The van der Waals surface area contributed by atoms with Gasteiger partial charge < -0.3 is 14.2 Å². The van der Waals surface area contributed by atoms with E-state index in [0.29, 0.717) is 13.2 Å². The number of thioether (sulfide) groups is 2. The average molecular weight is 417 g/mol. The maximum atomic E-state index is 6.30. The Bertz CT molecular complexity index is 911. The predicted molar refractivity (Wildman–Crippen MR) is 125 cm³/mol. The van der Waals surface area contributed by atoms with Crippen molar-refractivity contribution in [3.05, 3.63) is 42.5 Å². The standard InChI is InChI=1S/C23H28O3S2/c1-4-27-14-12-25-22-18-8-6-7-9-19(18)23(26-13-15-28-5-2)21-16-17(24-3)10-11-20(21)22/h6-11,16H,4-5,12-15H2,1-3H3. The van der Waals surface area contributed by atoms with Crippen LogP contribution in [0.1, 0.15) is 13.8 Å². The van der Waals surface area contributed by atoms with Crippen LogP contribution in [0, 0.1) is 0 Å². The lowest BCUT2D eigenvalue weighted by molar-refractivity contribution is 0.346. The second-order valence-corrected chi connectivity index (χ2v) is 8.99. The van der Waals surface area contributed by atoms with Gasteiger partial charge in [0.1, 0.15) is 17.2 Å². The monoisotopic (exact) mass is 416 g/mol. The molecule has 3 aromatic rings. The van der Waals surface area contributed by atoms with Crippen LogP contribution in [-0.2, 0) is 0 Å². The molecule has 0 aliphatic carbocycles. The molecule has 0 atom stereocenters. The average Bonchev–Trinajstić information content (AvgIpc) is 2.74. The highest BCUT2D eigenvalue weighted by Gasteiger charge is 2.17. The Morgan fingerprint density at radius 3 is 1.79 bits per heavy atom. The molecule has 28 heavy (non-hydrogen) atoms. The first-order chi connectivity index (χ1) is 13.8. The van der Waals surface area contributed by atoms with E-state index in [2.05, 4.69) is 50.2 Å². The molecule has 0 aromatic heterocycles. The van der Waals surface area contributed by atoms with Gasteiger partial charge in [-0.15, -0.1) is 0 Å². The second-order valence-electron chi connectivity index (χ2n) is 6.21. The van der Waals surface area contributed by atoms with Crippen LogP contribution in [0.15, 0.2) is 42.5 Å². The molecule has 0 aliphatic heterocycles. The van der Waals surface area contributed by atoms with Gasteiger partial charge in [0.25, 0.3) is 0 Å². The number of ether oxygens (including phenoxy) is 3. The van der Waals surface area contributed by atoms with Gasteiger partial charge in [-0.1, -0.05) is 38.1 Å². The van der Waals surface area contributed by atoms with Crippen molar-refractivity contribution in [1.82, 2.24) is 0 Å². The van der Waals surface area contributed by atoms with E-state index >= 15 is 0 Å². The Morgan fingerprint density at radius 2 is 1.25 bits per heavy atom. The van der Waals surface area contributed by atoms with E-state index in [9.17, 15) is 0 Å². The van der Waals surface area contributed by atoms with E-state index in [0.717, 1.165) is 61.8 Å². The molecule has 0 amide bonds. The van der Waals surface area contributed by atoms with Gasteiger partial charge in [-0.3, -0.25) is 0 Å². The Morgan fingerprint density at radius 1 is 0.714 bits per heavy atom. The normalized spacial score (nSPS) is 11.1. The van der Waals surface area contributed by atoms with Gasteiger partial charge in [0.15, 0.2) is 0 Å². The lowest BCUT2D eigenvalue weighted by Crippen LogP contribution is -2.05. The summed E-state index contributed by atoms with van der Waals surface area (Å²) in [6.07, 6.45) is 0. The fourth-order valence-electron chi connectivity index (χ4n) is 3.21. The maximum absolute atomic E-state index is 6.30. The third-order valence-electron chi connectivity index (χ3n) is 4.49. The zero-order chi connectivity index (χ0) is 19.8. The van der Waals surface area contributed by atoms with Crippen LogP contribution < -0.4 is 14.2 Å². The summed E-state index contributed by atoms with van der Waals surface area (Å²) in [5, 5.41) is 4.29. The largest absolute Gasteiger partial charge is 0.497 e. The number of rotatable bonds is 11. The summed E-state index contributed by atoms with van der Waals surface area (Å²) in [5.41, 5.74) is 0. The summed E-state index contributed by atoms with van der Waals surface area (Å²) < 4.78 is 18.1. The smallest absolute Gasteiger partial charge is 0.135 e. The van der Waals surface area contributed by atoms with Crippen LogP contribution in [0.25, 0.3) is 21.5 Å². The second kappa shape index (κ2) is 10.7. The molecule has 3 aromatic carbocycles.